The lowest BCUT2D eigenvalue weighted by Gasteiger charge is -2.10. The Morgan fingerprint density at radius 2 is 1.84 bits per heavy atom. The molecule has 0 radical (unpaired) electrons. The van der Waals surface area contributed by atoms with Gasteiger partial charge in [0.2, 0.25) is 0 Å². The molecule has 0 aliphatic rings. The van der Waals surface area contributed by atoms with E-state index >= 15 is 0 Å². The Morgan fingerprint density at radius 1 is 1.16 bits per heavy atom. The van der Waals surface area contributed by atoms with Crippen LogP contribution in [-0.4, -0.2) is 8.42 Å². The molecule has 0 unspecified atom stereocenters. The number of anilines is 2. The number of halogens is 1. The molecule has 0 heterocycles. The fourth-order valence-corrected chi connectivity index (χ4v) is 3.15. The first-order chi connectivity index (χ1) is 8.90. The van der Waals surface area contributed by atoms with Crippen molar-refractivity contribution in [1.29, 1.82) is 0 Å². The van der Waals surface area contributed by atoms with Crippen molar-refractivity contribution in [2.75, 3.05) is 10.5 Å². The summed E-state index contributed by atoms with van der Waals surface area (Å²) in [5, 5.41) is 0.176. The van der Waals surface area contributed by atoms with E-state index in [1.807, 2.05) is 6.92 Å². The standard InChI is InChI=1S/C13H13ClN2O2S/c1-9-6-7-10(8-12(9)15)16-19(17,18)13-5-3-2-4-11(13)14/h2-8,16H,15H2,1H3. The fourth-order valence-electron chi connectivity index (χ4n) is 1.58. The van der Waals surface area contributed by atoms with Crippen molar-refractivity contribution in [2.24, 2.45) is 0 Å². The Balaban J connectivity index is 2.37. The van der Waals surface area contributed by atoms with E-state index in [1.54, 1.807) is 30.3 Å². The van der Waals surface area contributed by atoms with Crippen LogP contribution >= 0.6 is 11.6 Å². The number of aryl methyl sites for hydroxylation is 1. The SMILES string of the molecule is Cc1ccc(NS(=O)(=O)c2ccccc2Cl)cc1N. The van der Waals surface area contributed by atoms with Crippen molar-refractivity contribution in [3.63, 3.8) is 0 Å². The molecule has 2 aromatic carbocycles. The van der Waals surface area contributed by atoms with Crippen molar-refractivity contribution in [3.8, 4) is 0 Å². The van der Waals surface area contributed by atoms with Crippen molar-refractivity contribution in [1.82, 2.24) is 0 Å². The minimum absolute atomic E-state index is 0.0378. The Morgan fingerprint density at radius 3 is 2.47 bits per heavy atom. The van der Waals surface area contributed by atoms with Crippen LogP contribution in [0, 0.1) is 6.92 Å². The topological polar surface area (TPSA) is 72.2 Å². The molecule has 6 heteroatoms. The lowest BCUT2D eigenvalue weighted by Crippen LogP contribution is -2.13. The molecule has 0 aliphatic heterocycles. The van der Waals surface area contributed by atoms with Crippen LogP contribution in [0.5, 0.6) is 0 Å². The summed E-state index contributed by atoms with van der Waals surface area (Å²) < 4.78 is 26.8. The Kier molecular flexibility index (Phi) is 3.68. The van der Waals surface area contributed by atoms with Gasteiger partial charge in [-0.05, 0) is 36.8 Å². The molecule has 0 amide bonds. The molecule has 0 fully saturated rings. The molecule has 0 saturated heterocycles. The Bertz CT molecular complexity index is 714. The van der Waals surface area contributed by atoms with Gasteiger partial charge < -0.3 is 5.73 Å². The van der Waals surface area contributed by atoms with E-state index in [9.17, 15) is 8.42 Å². The first-order valence-corrected chi connectivity index (χ1v) is 7.40. The van der Waals surface area contributed by atoms with E-state index in [0.29, 0.717) is 11.4 Å². The highest BCUT2D eigenvalue weighted by Crippen LogP contribution is 2.24. The number of rotatable bonds is 3. The zero-order chi connectivity index (χ0) is 14.0. The van der Waals surface area contributed by atoms with Crippen molar-refractivity contribution in [2.45, 2.75) is 11.8 Å². The minimum Gasteiger partial charge on any atom is -0.398 e. The molecule has 4 nitrogen and oxygen atoms in total. The summed E-state index contributed by atoms with van der Waals surface area (Å²) in [6.07, 6.45) is 0. The molecule has 100 valence electrons. The maximum Gasteiger partial charge on any atom is 0.263 e. The fraction of sp³-hybridized carbons (Fsp3) is 0.0769. The van der Waals surface area contributed by atoms with Gasteiger partial charge in [-0.15, -0.1) is 0 Å². The number of hydrogen-bond acceptors (Lipinski definition) is 3. The van der Waals surface area contributed by atoms with Crippen LogP contribution in [0.3, 0.4) is 0 Å². The van der Waals surface area contributed by atoms with Gasteiger partial charge in [-0.3, -0.25) is 4.72 Å². The smallest absolute Gasteiger partial charge is 0.263 e. The minimum atomic E-state index is -3.71. The molecule has 3 N–H and O–H groups in total. The molecule has 0 bridgehead atoms. The number of hydrogen-bond donors (Lipinski definition) is 2. The summed E-state index contributed by atoms with van der Waals surface area (Å²) in [6, 6.07) is 11.2. The van der Waals surface area contributed by atoms with E-state index in [2.05, 4.69) is 4.72 Å². The second-order valence-electron chi connectivity index (χ2n) is 4.11. The molecular formula is C13H13ClN2O2S. The van der Waals surface area contributed by atoms with Crippen LogP contribution < -0.4 is 10.5 Å². The Labute approximate surface area is 117 Å². The Hall–Kier alpha value is -1.72. The van der Waals surface area contributed by atoms with Crippen LogP contribution in [0.15, 0.2) is 47.4 Å². The van der Waals surface area contributed by atoms with Gasteiger partial charge in [0, 0.05) is 5.69 Å². The van der Waals surface area contributed by atoms with Crippen molar-refractivity contribution >= 4 is 33.0 Å². The normalized spacial score (nSPS) is 11.3. The van der Waals surface area contributed by atoms with E-state index < -0.39 is 10.0 Å². The molecule has 2 aromatic rings. The molecule has 0 saturated carbocycles. The van der Waals surface area contributed by atoms with Crippen LogP contribution in [0.2, 0.25) is 5.02 Å². The highest BCUT2D eigenvalue weighted by Gasteiger charge is 2.17. The predicted molar refractivity (Wildman–Crippen MR) is 77.9 cm³/mol. The van der Waals surface area contributed by atoms with Gasteiger partial charge in [0.15, 0.2) is 0 Å². The number of nitrogens with two attached hydrogens (primary N) is 1. The lowest BCUT2D eigenvalue weighted by atomic mass is 10.2. The van der Waals surface area contributed by atoms with Gasteiger partial charge in [-0.1, -0.05) is 29.8 Å². The summed E-state index contributed by atoms with van der Waals surface area (Å²) in [6.45, 7) is 1.85. The summed E-state index contributed by atoms with van der Waals surface area (Å²) in [5.74, 6) is 0. The quantitative estimate of drug-likeness (QED) is 0.855. The van der Waals surface area contributed by atoms with Gasteiger partial charge in [-0.25, -0.2) is 8.42 Å². The molecule has 0 aliphatic carbocycles. The number of nitrogen functional groups attached to an aromatic ring is 1. The lowest BCUT2D eigenvalue weighted by molar-refractivity contribution is 0.601. The average molecular weight is 297 g/mol. The van der Waals surface area contributed by atoms with Crippen LogP contribution in [0.4, 0.5) is 11.4 Å². The second-order valence-corrected chi connectivity index (χ2v) is 6.17. The first kappa shape index (κ1) is 13.7. The molecule has 0 aromatic heterocycles. The third kappa shape index (κ3) is 3.00. The summed E-state index contributed by atoms with van der Waals surface area (Å²) in [4.78, 5) is 0.0378. The number of benzene rings is 2. The molecule has 0 atom stereocenters. The van der Waals surface area contributed by atoms with Gasteiger partial charge in [0.05, 0.1) is 10.7 Å². The highest BCUT2D eigenvalue weighted by atomic mass is 35.5. The molecule has 2 rings (SSSR count). The summed E-state index contributed by atoms with van der Waals surface area (Å²) in [7, 11) is -3.71. The monoisotopic (exact) mass is 296 g/mol. The summed E-state index contributed by atoms with van der Waals surface area (Å²) in [5.41, 5.74) is 7.57. The van der Waals surface area contributed by atoms with Gasteiger partial charge in [0.25, 0.3) is 10.0 Å². The van der Waals surface area contributed by atoms with Crippen LogP contribution in [0.1, 0.15) is 5.56 Å². The van der Waals surface area contributed by atoms with E-state index in [-0.39, 0.29) is 9.92 Å². The third-order valence-corrected chi connectivity index (χ3v) is 4.54. The number of nitrogens with one attached hydrogen (secondary N) is 1. The van der Waals surface area contributed by atoms with Gasteiger partial charge in [-0.2, -0.15) is 0 Å². The van der Waals surface area contributed by atoms with Crippen molar-refractivity contribution in [3.05, 3.63) is 53.1 Å². The zero-order valence-corrected chi connectivity index (χ0v) is 11.8. The third-order valence-electron chi connectivity index (χ3n) is 2.66. The average Bonchev–Trinajstić information content (AvgIpc) is 2.34. The first-order valence-electron chi connectivity index (χ1n) is 5.53. The molecular weight excluding hydrogens is 284 g/mol. The maximum absolute atomic E-state index is 12.2. The van der Waals surface area contributed by atoms with Gasteiger partial charge in [0.1, 0.15) is 4.90 Å². The van der Waals surface area contributed by atoms with Crippen LogP contribution in [0.25, 0.3) is 0 Å². The second kappa shape index (κ2) is 5.11. The van der Waals surface area contributed by atoms with E-state index in [0.717, 1.165) is 5.56 Å². The zero-order valence-electron chi connectivity index (χ0n) is 10.2. The van der Waals surface area contributed by atoms with Crippen LogP contribution in [-0.2, 0) is 10.0 Å². The number of sulfonamides is 1. The van der Waals surface area contributed by atoms with Gasteiger partial charge >= 0.3 is 0 Å². The molecule has 0 spiro atoms. The van der Waals surface area contributed by atoms with E-state index in [1.165, 1.54) is 12.1 Å². The highest BCUT2D eigenvalue weighted by molar-refractivity contribution is 7.92. The summed E-state index contributed by atoms with van der Waals surface area (Å²) >= 11 is 5.89. The van der Waals surface area contributed by atoms with E-state index in [4.69, 9.17) is 17.3 Å². The largest absolute Gasteiger partial charge is 0.398 e. The predicted octanol–water partition coefficient (Wildman–Crippen LogP) is 3.03. The maximum atomic E-state index is 12.2. The molecule has 19 heavy (non-hydrogen) atoms. The van der Waals surface area contributed by atoms with Crippen molar-refractivity contribution < 1.29 is 8.42 Å².